The normalized spacial score (nSPS) is 14.0. The lowest BCUT2D eigenvalue weighted by Gasteiger charge is -2.28. The van der Waals surface area contributed by atoms with Crippen LogP contribution >= 0.6 is 0 Å². The zero-order chi connectivity index (χ0) is 17.5. The highest BCUT2D eigenvalue weighted by Gasteiger charge is 2.11. The summed E-state index contributed by atoms with van der Waals surface area (Å²) >= 11 is 0. The number of hydrogen-bond acceptors (Lipinski definition) is 4. The van der Waals surface area contributed by atoms with Gasteiger partial charge in [0.15, 0.2) is 0 Å². The first-order chi connectivity index (χ1) is 12.3. The number of ether oxygens (including phenoxy) is 1. The van der Waals surface area contributed by atoms with Crippen LogP contribution in [0.5, 0.6) is 0 Å². The third kappa shape index (κ3) is 4.59. The Hall–Kier alpha value is -2.84. The average Bonchev–Trinajstić information content (AvgIpc) is 2.69. The zero-order valence-corrected chi connectivity index (χ0v) is 14.1. The van der Waals surface area contributed by atoms with Crippen LogP contribution in [0.15, 0.2) is 48.5 Å². The Bertz CT molecular complexity index is 759. The SMILES string of the molecule is N#Cc1cccc(C(=O)NCCc2ccc(N3CCOCC3)cc2)c1. The van der Waals surface area contributed by atoms with Crippen molar-refractivity contribution in [3.05, 3.63) is 65.2 Å². The maximum absolute atomic E-state index is 12.1. The van der Waals surface area contributed by atoms with E-state index in [-0.39, 0.29) is 5.91 Å². The smallest absolute Gasteiger partial charge is 0.251 e. The summed E-state index contributed by atoms with van der Waals surface area (Å²) in [4.78, 5) is 14.4. The molecular weight excluding hydrogens is 314 g/mol. The number of rotatable bonds is 5. The van der Waals surface area contributed by atoms with Crippen molar-refractivity contribution in [2.24, 2.45) is 0 Å². The molecule has 128 valence electrons. The molecule has 0 aliphatic carbocycles. The minimum atomic E-state index is -0.151. The van der Waals surface area contributed by atoms with Crippen LogP contribution in [0.1, 0.15) is 21.5 Å². The van der Waals surface area contributed by atoms with Crippen molar-refractivity contribution < 1.29 is 9.53 Å². The summed E-state index contributed by atoms with van der Waals surface area (Å²) < 4.78 is 5.37. The third-order valence-electron chi connectivity index (χ3n) is 4.27. The summed E-state index contributed by atoms with van der Waals surface area (Å²) in [5, 5.41) is 11.8. The zero-order valence-electron chi connectivity index (χ0n) is 14.1. The average molecular weight is 335 g/mol. The van der Waals surface area contributed by atoms with Crippen LogP contribution in [-0.4, -0.2) is 38.8 Å². The second kappa shape index (κ2) is 8.32. The molecule has 2 aromatic carbocycles. The molecule has 0 unspecified atom stereocenters. The highest BCUT2D eigenvalue weighted by Crippen LogP contribution is 2.16. The molecule has 3 rings (SSSR count). The van der Waals surface area contributed by atoms with Gasteiger partial charge in [0.2, 0.25) is 0 Å². The lowest BCUT2D eigenvalue weighted by atomic mass is 10.1. The number of nitrogens with zero attached hydrogens (tertiary/aromatic N) is 2. The lowest BCUT2D eigenvalue weighted by Crippen LogP contribution is -2.36. The van der Waals surface area contributed by atoms with Gasteiger partial charge in [0.1, 0.15) is 0 Å². The molecule has 1 N–H and O–H groups in total. The van der Waals surface area contributed by atoms with Crippen LogP contribution in [-0.2, 0) is 11.2 Å². The van der Waals surface area contributed by atoms with E-state index in [4.69, 9.17) is 10.00 Å². The largest absolute Gasteiger partial charge is 0.378 e. The van der Waals surface area contributed by atoms with Crippen molar-refractivity contribution >= 4 is 11.6 Å². The van der Waals surface area contributed by atoms with E-state index in [1.54, 1.807) is 24.3 Å². The lowest BCUT2D eigenvalue weighted by molar-refractivity contribution is 0.0954. The minimum Gasteiger partial charge on any atom is -0.378 e. The molecule has 1 fully saturated rings. The van der Waals surface area contributed by atoms with Crippen LogP contribution in [0, 0.1) is 11.3 Å². The monoisotopic (exact) mass is 335 g/mol. The van der Waals surface area contributed by atoms with Gasteiger partial charge in [0, 0.05) is 30.9 Å². The van der Waals surface area contributed by atoms with Crippen molar-refractivity contribution in [1.29, 1.82) is 5.26 Å². The topological polar surface area (TPSA) is 65.4 Å². The van der Waals surface area contributed by atoms with Crippen LogP contribution in [0.2, 0.25) is 0 Å². The number of benzene rings is 2. The molecule has 0 atom stereocenters. The molecule has 1 aliphatic rings. The second-order valence-corrected chi connectivity index (χ2v) is 5.96. The van der Waals surface area contributed by atoms with E-state index in [2.05, 4.69) is 34.5 Å². The maximum atomic E-state index is 12.1. The van der Waals surface area contributed by atoms with Crippen molar-refractivity contribution in [3.63, 3.8) is 0 Å². The molecule has 1 heterocycles. The molecule has 0 aromatic heterocycles. The van der Waals surface area contributed by atoms with Crippen LogP contribution in [0.25, 0.3) is 0 Å². The summed E-state index contributed by atoms with van der Waals surface area (Å²) in [6.45, 7) is 3.97. The number of carbonyl (C=O) groups is 1. The number of hydrogen-bond donors (Lipinski definition) is 1. The van der Waals surface area contributed by atoms with E-state index in [1.165, 1.54) is 11.3 Å². The molecule has 0 bridgehead atoms. The first-order valence-electron chi connectivity index (χ1n) is 8.46. The number of nitrogens with one attached hydrogen (secondary N) is 1. The van der Waals surface area contributed by atoms with Crippen molar-refractivity contribution in [2.45, 2.75) is 6.42 Å². The minimum absolute atomic E-state index is 0.151. The van der Waals surface area contributed by atoms with Crippen LogP contribution in [0.4, 0.5) is 5.69 Å². The number of amides is 1. The molecule has 0 radical (unpaired) electrons. The predicted molar refractivity (Wildman–Crippen MR) is 96.7 cm³/mol. The molecule has 1 aliphatic heterocycles. The summed E-state index contributed by atoms with van der Waals surface area (Å²) in [6, 6.07) is 17.2. The van der Waals surface area contributed by atoms with Crippen molar-refractivity contribution in [2.75, 3.05) is 37.7 Å². The van der Waals surface area contributed by atoms with Gasteiger partial charge in [0.25, 0.3) is 5.91 Å². The molecular formula is C20H21N3O2. The first-order valence-corrected chi connectivity index (χ1v) is 8.46. The summed E-state index contributed by atoms with van der Waals surface area (Å²) in [5.41, 5.74) is 3.40. The van der Waals surface area contributed by atoms with Crippen molar-refractivity contribution in [3.8, 4) is 6.07 Å². The highest BCUT2D eigenvalue weighted by molar-refractivity contribution is 5.94. The third-order valence-corrected chi connectivity index (χ3v) is 4.27. The van der Waals surface area contributed by atoms with Crippen molar-refractivity contribution in [1.82, 2.24) is 5.32 Å². The summed E-state index contributed by atoms with van der Waals surface area (Å²) in [6.07, 6.45) is 0.771. The molecule has 5 heteroatoms. The fourth-order valence-corrected chi connectivity index (χ4v) is 2.85. The Morgan fingerprint density at radius 1 is 1.16 bits per heavy atom. The number of nitriles is 1. The van der Waals surface area contributed by atoms with Gasteiger partial charge < -0.3 is 15.0 Å². The van der Waals surface area contributed by atoms with E-state index in [1.807, 2.05) is 6.07 Å². The maximum Gasteiger partial charge on any atom is 0.251 e. The van der Waals surface area contributed by atoms with E-state index in [9.17, 15) is 4.79 Å². The van der Waals surface area contributed by atoms with Gasteiger partial charge in [-0.2, -0.15) is 5.26 Å². The number of anilines is 1. The van der Waals surface area contributed by atoms with Gasteiger partial charge in [0.05, 0.1) is 24.8 Å². The molecule has 0 saturated carbocycles. The second-order valence-electron chi connectivity index (χ2n) is 5.96. The first kappa shape index (κ1) is 17.0. The Kier molecular flexibility index (Phi) is 5.65. The molecule has 5 nitrogen and oxygen atoms in total. The molecule has 1 amide bonds. The molecule has 0 spiro atoms. The standard InChI is InChI=1S/C20H21N3O2/c21-15-17-2-1-3-18(14-17)20(24)22-9-8-16-4-6-19(7-5-16)23-10-12-25-13-11-23/h1-7,14H,8-13H2,(H,22,24). The number of carbonyl (C=O) groups excluding carboxylic acids is 1. The Morgan fingerprint density at radius 2 is 1.92 bits per heavy atom. The van der Waals surface area contributed by atoms with Gasteiger partial charge >= 0.3 is 0 Å². The fourth-order valence-electron chi connectivity index (χ4n) is 2.85. The highest BCUT2D eigenvalue weighted by atomic mass is 16.5. The quantitative estimate of drug-likeness (QED) is 0.911. The summed E-state index contributed by atoms with van der Waals surface area (Å²) in [7, 11) is 0. The Labute approximate surface area is 147 Å². The van der Waals surface area contributed by atoms with Crippen LogP contribution < -0.4 is 10.2 Å². The molecule has 25 heavy (non-hydrogen) atoms. The molecule has 2 aromatic rings. The van der Waals surface area contributed by atoms with E-state index >= 15 is 0 Å². The van der Waals surface area contributed by atoms with Gasteiger partial charge in [-0.3, -0.25) is 4.79 Å². The van der Waals surface area contributed by atoms with E-state index in [0.29, 0.717) is 17.7 Å². The van der Waals surface area contributed by atoms with Gasteiger partial charge in [-0.1, -0.05) is 18.2 Å². The van der Waals surface area contributed by atoms with E-state index < -0.39 is 0 Å². The van der Waals surface area contributed by atoms with Gasteiger partial charge in [-0.25, -0.2) is 0 Å². The summed E-state index contributed by atoms with van der Waals surface area (Å²) in [5.74, 6) is -0.151. The van der Waals surface area contributed by atoms with Crippen LogP contribution in [0.3, 0.4) is 0 Å². The predicted octanol–water partition coefficient (Wildman–Crippen LogP) is 2.37. The molecule has 1 saturated heterocycles. The Balaban J connectivity index is 1.50. The Morgan fingerprint density at radius 3 is 2.64 bits per heavy atom. The van der Waals surface area contributed by atoms with Gasteiger partial charge in [-0.05, 0) is 42.3 Å². The number of morpholine rings is 1. The van der Waals surface area contributed by atoms with E-state index in [0.717, 1.165) is 32.7 Å². The van der Waals surface area contributed by atoms with Gasteiger partial charge in [-0.15, -0.1) is 0 Å². The fraction of sp³-hybridized carbons (Fsp3) is 0.300.